The van der Waals surface area contributed by atoms with Crippen LogP contribution in [0, 0.1) is 24.2 Å². The Morgan fingerprint density at radius 3 is 2.63 bits per heavy atom. The number of nitrogens with one attached hydrogen (secondary N) is 1. The zero-order chi connectivity index (χ0) is 26.1. The lowest BCUT2D eigenvalue weighted by Crippen LogP contribution is -2.48. The van der Waals surface area contributed by atoms with Crippen molar-refractivity contribution in [2.45, 2.75) is 83.8 Å². The van der Waals surface area contributed by atoms with Crippen LogP contribution in [0.25, 0.3) is 6.08 Å². The number of rotatable bonds is 2. The minimum atomic E-state index is -1.22. The summed E-state index contributed by atoms with van der Waals surface area (Å²) in [6.07, 6.45) is -0.459. The summed E-state index contributed by atoms with van der Waals surface area (Å²) >= 11 is 8.13. The fourth-order valence-electron chi connectivity index (χ4n) is 4.47. The highest BCUT2D eigenvalue weighted by Crippen LogP contribution is 2.44. The number of hydrogen-bond acceptors (Lipinski definition) is 8. The van der Waals surface area contributed by atoms with Gasteiger partial charge >= 0.3 is 0 Å². The summed E-state index contributed by atoms with van der Waals surface area (Å²) < 4.78 is 11.5. The van der Waals surface area contributed by atoms with Gasteiger partial charge < -0.3 is 25.0 Å². The zero-order valence-electron chi connectivity index (χ0n) is 21.2. The van der Waals surface area contributed by atoms with Crippen molar-refractivity contribution < 1.29 is 29.3 Å². The minimum Gasteiger partial charge on any atom is -0.392 e. The quantitative estimate of drug-likeness (QED) is 0.398. The first-order valence-electron chi connectivity index (χ1n) is 12.0. The van der Waals surface area contributed by atoms with E-state index in [9.17, 15) is 19.8 Å². The lowest BCUT2D eigenvalue weighted by atomic mass is 9.73. The summed E-state index contributed by atoms with van der Waals surface area (Å²) in [4.78, 5) is 30.6. The number of fused-ring (bicyclic) bond motifs is 1. The third-order valence-corrected chi connectivity index (χ3v) is 8.38. The van der Waals surface area contributed by atoms with Gasteiger partial charge in [-0.05, 0) is 25.5 Å². The normalized spacial score (nSPS) is 37.5. The Morgan fingerprint density at radius 2 is 2.00 bits per heavy atom. The summed E-state index contributed by atoms with van der Waals surface area (Å²) in [5.74, 6) is -1.79. The Hall–Kier alpha value is -1.36. The van der Waals surface area contributed by atoms with Crippen LogP contribution in [0.2, 0.25) is 0 Å². The molecule has 0 spiro atoms. The molecule has 3 heterocycles. The number of epoxide rings is 1. The predicted molar refractivity (Wildman–Crippen MR) is 135 cm³/mol. The third kappa shape index (κ3) is 6.70. The van der Waals surface area contributed by atoms with E-state index >= 15 is 0 Å². The number of halogens is 1. The van der Waals surface area contributed by atoms with Gasteiger partial charge in [-0.1, -0.05) is 39.3 Å². The van der Waals surface area contributed by atoms with E-state index in [4.69, 9.17) is 21.1 Å². The first kappa shape index (κ1) is 28.2. The maximum absolute atomic E-state index is 13.2. The number of alkyl halides is 1. The van der Waals surface area contributed by atoms with Crippen molar-refractivity contribution in [1.29, 1.82) is 0 Å². The molecule has 0 aromatic carbocycles. The van der Waals surface area contributed by atoms with Gasteiger partial charge in [-0.25, -0.2) is 4.98 Å². The summed E-state index contributed by atoms with van der Waals surface area (Å²) in [7, 11) is 0. The Kier molecular flexibility index (Phi) is 8.82. The molecule has 1 aromatic heterocycles. The van der Waals surface area contributed by atoms with Crippen LogP contribution in [0.1, 0.15) is 58.2 Å². The van der Waals surface area contributed by atoms with Crippen LogP contribution in [0.5, 0.6) is 0 Å². The Morgan fingerprint density at radius 1 is 1.31 bits per heavy atom. The van der Waals surface area contributed by atoms with Gasteiger partial charge in [-0.2, -0.15) is 0 Å². The highest BCUT2D eigenvalue weighted by molar-refractivity contribution is 7.09. The molecule has 3 N–H and O–H groups in total. The van der Waals surface area contributed by atoms with Gasteiger partial charge in [0.25, 0.3) is 0 Å². The Labute approximate surface area is 216 Å². The smallest absolute Gasteiger partial charge is 0.223 e. The molecule has 2 aliphatic heterocycles. The Bertz CT molecular complexity index is 966. The SMILES string of the molecule is C/C(=C\c1csc(C)n1)[C@@H]1CC2OC2(Cl)COC[C@H](C)[C@H](O)[C@@H](C)C(=O)C(C)(C)[C@@H](O)CC(=O)N1. The lowest BCUT2D eigenvalue weighted by molar-refractivity contribution is -0.143. The predicted octanol–water partition coefficient (Wildman–Crippen LogP) is 3.07. The number of hydrogen-bond donors (Lipinski definition) is 3. The van der Waals surface area contributed by atoms with E-state index < -0.39 is 40.6 Å². The van der Waals surface area contributed by atoms with Gasteiger partial charge in [0.15, 0.2) is 5.06 Å². The number of ether oxygens (including phenoxy) is 2. The molecule has 2 fully saturated rings. The summed E-state index contributed by atoms with van der Waals surface area (Å²) in [6, 6.07) is -0.409. The van der Waals surface area contributed by atoms with Crippen molar-refractivity contribution in [2.75, 3.05) is 13.2 Å². The first-order valence-corrected chi connectivity index (χ1v) is 13.2. The van der Waals surface area contributed by atoms with E-state index in [0.29, 0.717) is 6.42 Å². The molecule has 0 saturated carbocycles. The molecule has 2 aliphatic rings. The molecule has 1 amide bonds. The number of amides is 1. The first-order chi connectivity index (χ1) is 16.2. The fourth-order valence-corrected chi connectivity index (χ4v) is 5.32. The van der Waals surface area contributed by atoms with E-state index in [2.05, 4.69) is 10.3 Å². The van der Waals surface area contributed by atoms with Crippen LogP contribution in [0.4, 0.5) is 0 Å². The van der Waals surface area contributed by atoms with Gasteiger partial charge in [-0.3, -0.25) is 9.59 Å². The van der Waals surface area contributed by atoms with Crippen molar-refractivity contribution in [3.05, 3.63) is 21.7 Å². The van der Waals surface area contributed by atoms with Crippen LogP contribution < -0.4 is 5.32 Å². The van der Waals surface area contributed by atoms with Crippen LogP contribution in [-0.2, 0) is 19.1 Å². The number of Topliss-reactive ketones (excluding diaryl/α,β-unsaturated/α-hetero) is 1. The molecular weight excluding hydrogens is 492 g/mol. The second-order valence-corrected chi connectivity index (χ2v) is 12.2. The van der Waals surface area contributed by atoms with Gasteiger partial charge in [0.05, 0.1) is 54.0 Å². The highest BCUT2D eigenvalue weighted by Gasteiger charge is 2.56. The van der Waals surface area contributed by atoms with E-state index in [1.807, 2.05) is 25.3 Å². The standard InChI is InChI=1S/C25H37ClN2O6S/c1-13(7-17-11-35-16(4)27-17)18-8-20-25(26,34-20)12-33-10-14(2)22(31)15(3)23(32)24(5,6)19(29)9-21(30)28-18/h7,11,14-15,18-20,22,29,31H,8-10,12H2,1-6H3,(H,28,30)/b13-7+/t14-,15+,18-,19-,20?,22-,25?/m0/s1. The van der Waals surface area contributed by atoms with Gasteiger partial charge in [0.1, 0.15) is 11.9 Å². The zero-order valence-corrected chi connectivity index (χ0v) is 22.8. The average Bonchev–Trinajstić information content (AvgIpc) is 3.22. The van der Waals surface area contributed by atoms with Gasteiger partial charge in [0, 0.05) is 23.6 Å². The second-order valence-electron chi connectivity index (χ2n) is 10.5. The fraction of sp³-hybridized carbons (Fsp3) is 0.720. The van der Waals surface area contributed by atoms with E-state index in [1.165, 1.54) is 0 Å². The molecule has 1 aromatic rings. The third-order valence-electron chi connectivity index (χ3n) is 7.14. The van der Waals surface area contributed by atoms with E-state index in [-0.39, 0.29) is 37.4 Å². The molecule has 10 heteroatoms. The Balaban J connectivity index is 1.85. The molecule has 3 rings (SSSR count). The van der Waals surface area contributed by atoms with Crippen molar-refractivity contribution >= 4 is 40.7 Å². The highest BCUT2D eigenvalue weighted by atomic mass is 35.5. The van der Waals surface area contributed by atoms with Crippen LogP contribution >= 0.6 is 22.9 Å². The van der Waals surface area contributed by atoms with Crippen molar-refractivity contribution in [2.24, 2.45) is 17.3 Å². The van der Waals surface area contributed by atoms with Gasteiger partial charge in [0.2, 0.25) is 5.91 Å². The topological polar surface area (TPSA) is 121 Å². The lowest BCUT2D eigenvalue weighted by Gasteiger charge is -2.34. The van der Waals surface area contributed by atoms with Crippen molar-refractivity contribution in [3.8, 4) is 0 Å². The van der Waals surface area contributed by atoms with Crippen LogP contribution in [0.15, 0.2) is 11.0 Å². The molecule has 35 heavy (non-hydrogen) atoms. The molecule has 7 atom stereocenters. The number of thiazole rings is 1. The number of aryl methyl sites for hydroxylation is 1. The number of ketones is 1. The molecule has 0 bridgehead atoms. The molecule has 2 unspecified atom stereocenters. The molecule has 8 nitrogen and oxygen atoms in total. The van der Waals surface area contributed by atoms with Crippen molar-refractivity contribution in [1.82, 2.24) is 10.3 Å². The number of aliphatic hydroxyl groups is 2. The number of aliphatic hydroxyl groups excluding tert-OH is 2. The molecule has 196 valence electrons. The largest absolute Gasteiger partial charge is 0.392 e. The summed E-state index contributed by atoms with van der Waals surface area (Å²) in [6.45, 7) is 10.8. The average molecular weight is 529 g/mol. The molecule has 0 radical (unpaired) electrons. The summed E-state index contributed by atoms with van der Waals surface area (Å²) in [5, 5.41) is 26.4. The van der Waals surface area contributed by atoms with Crippen LogP contribution in [0.3, 0.4) is 0 Å². The molecular formula is C25H37ClN2O6S. The maximum Gasteiger partial charge on any atom is 0.223 e. The van der Waals surface area contributed by atoms with Gasteiger partial charge in [-0.15, -0.1) is 11.3 Å². The number of carbonyl (C=O) groups is 2. The van der Waals surface area contributed by atoms with Crippen LogP contribution in [-0.4, -0.2) is 69.5 Å². The molecule has 2 saturated heterocycles. The number of aromatic nitrogens is 1. The number of carbonyl (C=O) groups excluding carboxylic acids is 2. The van der Waals surface area contributed by atoms with E-state index in [0.717, 1.165) is 16.3 Å². The monoisotopic (exact) mass is 528 g/mol. The van der Waals surface area contributed by atoms with E-state index in [1.54, 1.807) is 39.0 Å². The molecule has 0 aliphatic carbocycles. The maximum atomic E-state index is 13.2. The second kappa shape index (κ2) is 10.9. The summed E-state index contributed by atoms with van der Waals surface area (Å²) in [5.41, 5.74) is 0.450. The number of nitrogens with zero attached hydrogens (tertiary/aromatic N) is 1. The van der Waals surface area contributed by atoms with Crippen molar-refractivity contribution in [3.63, 3.8) is 0 Å². The minimum absolute atomic E-state index is 0.123.